The van der Waals surface area contributed by atoms with Gasteiger partial charge in [-0.25, -0.2) is 8.42 Å². The van der Waals surface area contributed by atoms with Gasteiger partial charge in [-0.3, -0.25) is 0 Å². The van der Waals surface area contributed by atoms with Crippen molar-refractivity contribution in [3.05, 3.63) is 29.8 Å². The molecule has 0 fully saturated rings. The Labute approximate surface area is 128 Å². The van der Waals surface area contributed by atoms with Gasteiger partial charge in [-0.15, -0.1) is 9.42 Å². The highest BCUT2D eigenvalue weighted by atomic mass is 32.2. The van der Waals surface area contributed by atoms with Crippen molar-refractivity contribution in [2.24, 2.45) is 0 Å². The molecule has 1 unspecified atom stereocenters. The molecule has 22 heavy (non-hydrogen) atoms. The Hall–Kier alpha value is -1.02. The van der Waals surface area contributed by atoms with E-state index in [0.717, 1.165) is 24.3 Å². The van der Waals surface area contributed by atoms with Crippen molar-refractivity contribution in [1.29, 1.82) is 0 Å². The normalized spacial score (nSPS) is 12.4. The Kier molecular flexibility index (Phi) is 8.77. The van der Waals surface area contributed by atoms with Crippen LogP contribution in [0.2, 0.25) is 0 Å². The lowest BCUT2D eigenvalue weighted by molar-refractivity contribution is -0.0436. The predicted molar refractivity (Wildman–Crippen MR) is 74.9 cm³/mol. The summed E-state index contributed by atoms with van der Waals surface area (Å²) in [5.41, 5.74) is -5.09. The van der Waals surface area contributed by atoms with Gasteiger partial charge in [-0.1, -0.05) is 38.8 Å². The molecule has 1 aromatic rings. The Bertz CT molecular complexity index is 567. The Balaban J connectivity index is 0.000000980. The SMILES string of the molecule is CCCC.O=[P+](O)OCc1ccc(S(=O)(=O)C(F)(F)F)cc1. The fourth-order valence-electron chi connectivity index (χ4n) is 1.03. The summed E-state index contributed by atoms with van der Waals surface area (Å²) in [4.78, 5) is 7.45. The van der Waals surface area contributed by atoms with Crippen LogP contribution in [0, 0.1) is 0 Å². The van der Waals surface area contributed by atoms with Crippen molar-refractivity contribution in [2.45, 2.75) is 43.7 Å². The molecular weight excluding hydrogens is 344 g/mol. The van der Waals surface area contributed by atoms with Crippen molar-refractivity contribution in [3.8, 4) is 0 Å². The quantitative estimate of drug-likeness (QED) is 0.803. The molecule has 1 N–H and O–H groups in total. The van der Waals surface area contributed by atoms with Gasteiger partial charge in [0.05, 0.1) is 4.90 Å². The number of sulfone groups is 1. The smallest absolute Gasteiger partial charge is 0.214 e. The summed E-state index contributed by atoms with van der Waals surface area (Å²) >= 11 is 0. The van der Waals surface area contributed by atoms with Crippen molar-refractivity contribution in [2.75, 3.05) is 0 Å². The maximum absolute atomic E-state index is 12.2. The molecule has 1 aromatic carbocycles. The molecular formula is C12H17F3O5PS+. The molecule has 0 aliphatic carbocycles. The number of hydrogen-bond acceptors (Lipinski definition) is 4. The third-order valence-electron chi connectivity index (χ3n) is 2.38. The molecule has 10 heteroatoms. The lowest BCUT2D eigenvalue weighted by Crippen LogP contribution is -2.23. The molecule has 0 aliphatic heterocycles. The van der Waals surface area contributed by atoms with E-state index in [2.05, 4.69) is 18.4 Å². The van der Waals surface area contributed by atoms with E-state index < -0.39 is 28.5 Å². The first kappa shape index (κ1) is 21.0. The fourth-order valence-corrected chi connectivity index (χ4v) is 2.05. The monoisotopic (exact) mass is 361 g/mol. The second-order valence-corrected chi connectivity index (χ2v) is 6.78. The number of rotatable bonds is 5. The molecule has 0 heterocycles. The molecule has 0 aromatic heterocycles. The van der Waals surface area contributed by atoms with E-state index in [1.54, 1.807) is 0 Å². The average Bonchev–Trinajstić information content (AvgIpc) is 2.44. The number of alkyl halides is 3. The van der Waals surface area contributed by atoms with Crippen molar-refractivity contribution in [1.82, 2.24) is 0 Å². The van der Waals surface area contributed by atoms with Crippen LogP contribution in [0.3, 0.4) is 0 Å². The van der Waals surface area contributed by atoms with E-state index in [1.165, 1.54) is 12.8 Å². The Morgan fingerprint density at radius 2 is 1.59 bits per heavy atom. The van der Waals surface area contributed by atoms with Gasteiger partial charge < -0.3 is 0 Å². The van der Waals surface area contributed by atoms with Crippen LogP contribution in [-0.4, -0.2) is 18.8 Å². The molecule has 1 atom stereocenters. The lowest BCUT2D eigenvalue weighted by atomic mass is 10.2. The summed E-state index contributed by atoms with van der Waals surface area (Å²) in [6, 6.07) is 3.65. The highest BCUT2D eigenvalue weighted by Crippen LogP contribution is 2.30. The predicted octanol–water partition coefficient (Wildman–Crippen LogP) is 3.95. The van der Waals surface area contributed by atoms with Gasteiger partial charge in [0, 0.05) is 4.57 Å². The summed E-state index contributed by atoms with van der Waals surface area (Å²) in [6.07, 6.45) is 2.64. The molecule has 0 bridgehead atoms. The minimum Gasteiger partial charge on any atom is -0.214 e. The van der Waals surface area contributed by atoms with E-state index in [9.17, 15) is 26.2 Å². The number of hydrogen-bond donors (Lipinski definition) is 1. The van der Waals surface area contributed by atoms with E-state index in [-0.39, 0.29) is 12.2 Å². The van der Waals surface area contributed by atoms with Gasteiger partial charge >= 0.3 is 13.8 Å². The molecule has 126 valence electrons. The van der Waals surface area contributed by atoms with Gasteiger partial charge in [-0.2, -0.15) is 13.2 Å². The van der Waals surface area contributed by atoms with Crippen LogP contribution in [0.4, 0.5) is 13.2 Å². The zero-order valence-corrected chi connectivity index (χ0v) is 13.7. The number of halogens is 3. The molecule has 0 radical (unpaired) electrons. The van der Waals surface area contributed by atoms with E-state index >= 15 is 0 Å². The van der Waals surface area contributed by atoms with E-state index in [0.29, 0.717) is 0 Å². The first-order chi connectivity index (χ1) is 10.1. The molecule has 0 spiro atoms. The average molecular weight is 361 g/mol. The zero-order chi connectivity index (χ0) is 17.4. The molecule has 0 aliphatic rings. The summed E-state index contributed by atoms with van der Waals surface area (Å²) in [5.74, 6) is 0. The van der Waals surface area contributed by atoms with Crippen LogP contribution in [-0.2, 0) is 25.5 Å². The molecule has 0 saturated heterocycles. The molecule has 0 amide bonds. The highest BCUT2D eigenvalue weighted by molar-refractivity contribution is 7.92. The Morgan fingerprint density at radius 3 is 1.91 bits per heavy atom. The maximum Gasteiger partial charge on any atom is 0.695 e. The minimum atomic E-state index is -5.37. The lowest BCUT2D eigenvalue weighted by Gasteiger charge is -2.07. The van der Waals surface area contributed by atoms with E-state index in [4.69, 9.17) is 4.89 Å². The topological polar surface area (TPSA) is 80.7 Å². The second kappa shape index (κ2) is 9.19. The van der Waals surface area contributed by atoms with Crippen LogP contribution < -0.4 is 0 Å². The first-order valence-corrected chi connectivity index (χ1v) is 8.86. The number of unbranched alkanes of at least 4 members (excludes halogenated alkanes) is 1. The van der Waals surface area contributed by atoms with Gasteiger partial charge in [-0.05, 0) is 17.7 Å². The highest BCUT2D eigenvalue weighted by Gasteiger charge is 2.46. The van der Waals surface area contributed by atoms with Crippen LogP contribution >= 0.6 is 8.25 Å². The van der Waals surface area contributed by atoms with Crippen LogP contribution in [0.15, 0.2) is 29.2 Å². The van der Waals surface area contributed by atoms with Crippen molar-refractivity contribution in [3.63, 3.8) is 0 Å². The van der Waals surface area contributed by atoms with Gasteiger partial charge in [0.25, 0.3) is 9.84 Å². The summed E-state index contributed by atoms with van der Waals surface area (Å²) < 4.78 is 73.1. The Morgan fingerprint density at radius 1 is 1.14 bits per heavy atom. The standard InChI is InChI=1S/C8H6F3O5PS.C4H10/c9-8(10,11)18(14,15)7-3-1-6(2-4-7)5-16-17(12)13;1-3-4-2/h1-4H,5H2;3-4H2,1-2H3/p+1. The third-order valence-corrected chi connectivity index (χ3v) is 4.23. The minimum absolute atomic E-state index is 0.272. The van der Waals surface area contributed by atoms with Crippen molar-refractivity contribution < 1.29 is 35.6 Å². The number of benzene rings is 1. The second-order valence-electron chi connectivity index (χ2n) is 4.10. The van der Waals surface area contributed by atoms with E-state index in [1.807, 2.05) is 0 Å². The molecule has 0 saturated carbocycles. The summed E-state index contributed by atoms with van der Waals surface area (Å²) in [5, 5.41) is 0. The van der Waals surface area contributed by atoms with Crippen molar-refractivity contribution >= 4 is 18.1 Å². The molecule has 5 nitrogen and oxygen atoms in total. The molecule has 1 rings (SSSR count). The maximum atomic E-state index is 12.2. The van der Waals surface area contributed by atoms with Gasteiger partial charge in [0.2, 0.25) is 0 Å². The van der Waals surface area contributed by atoms with Crippen LogP contribution in [0.5, 0.6) is 0 Å². The van der Waals surface area contributed by atoms with Crippen LogP contribution in [0.1, 0.15) is 32.3 Å². The summed E-state index contributed by atoms with van der Waals surface area (Å²) in [7, 11) is -8.19. The zero-order valence-electron chi connectivity index (χ0n) is 12.0. The van der Waals surface area contributed by atoms with Gasteiger partial charge in [0.1, 0.15) is 6.61 Å². The first-order valence-electron chi connectivity index (χ1n) is 6.25. The third kappa shape index (κ3) is 6.83. The fraction of sp³-hybridized carbons (Fsp3) is 0.500. The van der Waals surface area contributed by atoms with Gasteiger partial charge in [0.15, 0.2) is 0 Å². The van der Waals surface area contributed by atoms with Crippen LogP contribution in [0.25, 0.3) is 0 Å². The summed E-state index contributed by atoms with van der Waals surface area (Å²) in [6.45, 7) is 4.05. The largest absolute Gasteiger partial charge is 0.695 e.